The van der Waals surface area contributed by atoms with Gasteiger partial charge >= 0.3 is 6.03 Å². The second kappa shape index (κ2) is 7.31. The minimum absolute atomic E-state index is 0.268. The first-order chi connectivity index (χ1) is 10.5. The maximum Gasteiger partial charge on any atom is 0.319 e. The van der Waals surface area contributed by atoms with Crippen molar-refractivity contribution in [3.05, 3.63) is 48.4 Å². The first kappa shape index (κ1) is 15.6. The van der Waals surface area contributed by atoms with Crippen molar-refractivity contribution in [3.63, 3.8) is 0 Å². The third-order valence-electron chi connectivity index (χ3n) is 2.83. The van der Waals surface area contributed by atoms with Crippen LogP contribution in [0.1, 0.15) is 24.2 Å². The molecule has 2 aromatic rings. The molecule has 1 aromatic carbocycles. The fraction of sp³-hybridized carbons (Fsp3) is 0.250. The molecule has 0 spiro atoms. The van der Waals surface area contributed by atoms with Gasteiger partial charge in [0.05, 0.1) is 11.8 Å². The number of urea groups is 1. The van der Waals surface area contributed by atoms with E-state index in [4.69, 9.17) is 4.42 Å². The number of amides is 3. The summed E-state index contributed by atoms with van der Waals surface area (Å²) < 4.78 is 4.87. The highest BCUT2D eigenvalue weighted by Crippen LogP contribution is 2.16. The molecule has 1 heterocycles. The Labute approximate surface area is 128 Å². The predicted molar refractivity (Wildman–Crippen MR) is 85.0 cm³/mol. The molecule has 0 bridgehead atoms. The molecule has 0 fully saturated rings. The largest absolute Gasteiger partial charge is 0.472 e. The Kier molecular flexibility index (Phi) is 5.19. The van der Waals surface area contributed by atoms with E-state index < -0.39 is 0 Å². The standard InChI is InChI=1S/C16H19N3O3/c1-11(2)9-17-16(21)19-14-5-3-4-13(8-14)18-15(20)12-6-7-22-10-12/h3-8,10-11H,9H2,1-2H3,(H,18,20)(H2,17,19,21). The molecule has 0 aliphatic carbocycles. The molecule has 3 N–H and O–H groups in total. The Morgan fingerprint density at radius 3 is 2.50 bits per heavy atom. The van der Waals surface area contributed by atoms with Crippen molar-refractivity contribution in [3.8, 4) is 0 Å². The van der Waals surface area contributed by atoms with E-state index >= 15 is 0 Å². The van der Waals surface area contributed by atoms with Crippen molar-refractivity contribution in [1.29, 1.82) is 0 Å². The van der Waals surface area contributed by atoms with E-state index in [-0.39, 0.29) is 11.9 Å². The zero-order chi connectivity index (χ0) is 15.9. The van der Waals surface area contributed by atoms with Gasteiger partial charge in [0.15, 0.2) is 0 Å². The van der Waals surface area contributed by atoms with Crippen molar-refractivity contribution < 1.29 is 14.0 Å². The summed E-state index contributed by atoms with van der Waals surface area (Å²) in [6.07, 6.45) is 2.81. The molecular formula is C16H19N3O3. The van der Waals surface area contributed by atoms with Crippen LogP contribution in [0.4, 0.5) is 16.2 Å². The summed E-state index contributed by atoms with van der Waals surface area (Å²) in [5.41, 5.74) is 1.63. The van der Waals surface area contributed by atoms with Gasteiger partial charge in [-0.1, -0.05) is 19.9 Å². The first-order valence-corrected chi connectivity index (χ1v) is 7.03. The fourth-order valence-corrected chi connectivity index (χ4v) is 1.74. The van der Waals surface area contributed by atoms with Crippen molar-refractivity contribution in [2.24, 2.45) is 5.92 Å². The van der Waals surface area contributed by atoms with E-state index in [1.165, 1.54) is 12.5 Å². The number of carbonyl (C=O) groups excluding carboxylic acids is 2. The van der Waals surface area contributed by atoms with Crippen LogP contribution in [-0.2, 0) is 0 Å². The molecule has 0 unspecified atom stereocenters. The van der Waals surface area contributed by atoms with Gasteiger partial charge in [0.25, 0.3) is 5.91 Å². The van der Waals surface area contributed by atoms with Crippen molar-refractivity contribution in [1.82, 2.24) is 5.32 Å². The van der Waals surface area contributed by atoms with Crippen LogP contribution in [0.15, 0.2) is 47.3 Å². The van der Waals surface area contributed by atoms with Crippen LogP contribution in [-0.4, -0.2) is 18.5 Å². The summed E-state index contributed by atoms with van der Waals surface area (Å²) in [7, 11) is 0. The lowest BCUT2D eigenvalue weighted by molar-refractivity contribution is 0.102. The molecule has 0 radical (unpaired) electrons. The molecule has 22 heavy (non-hydrogen) atoms. The Morgan fingerprint density at radius 1 is 1.14 bits per heavy atom. The molecule has 0 atom stereocenters. The van der Waals surface area contributed by atoms with Crippen LogP contribution in [0.3, 0.4) is 0 Å². The molecule has 0 saturated carbocycles. The summed E-state index contributed by atoms with van der Waals surface area (Å²) >= 11 is 0. The van der Waals surface area contributed by atoms with Crippen LogP contribution in [0.25, 0.3) is 0 Å². The SMILES string of the molecule is CC(C)CNC(=O)Nc1cccc(NC(=O)c2ccoc2)c1. The van der Waals surface area contributed by atoms with Gasteiger partial charge in [-0.3, -0.25) is 4.79 Å². The summed E-state index contributed by atoms with van der Waals surface area (Å²) in [6.45, 7) is 4.64. The van der Waals surface area contributed by atoms with Crippen molar-refractivity contribution in [2.45, 2.75) is 13.8 Å². The lowest BCUT2D eigenvalue weighted by Gasteiger charge is -2.10. The zero-order valence-corrected chi connectivity index (χ0v) is 12.6. The van der Waals surface area contributed by atoms with Crippen LogP contribution < -0.4 is 16.0 Å². The topological polar surface area (TPSA) is 83.4 Å². The first-order valence-electron chi connectivity index (χ1n) is 7.03. The van der Waals surface area contributed by atoms with E-state index in [1.54, 1.807) is 30.3 Å². The van der Waals surface area contributed by atoms with Gasteiger partial charge < -0.3 is 20.4 Å². The molecule has 6 heteroatoms. The summed E-state index contributed by atoms with van der Waals surface area (Å²) in [4.78, 5) is 23.6. The molecule has 0 aliphatic rings. The number of hydrogen-bond acceptors (Lipinski definition) is 3. The van der Waals surface area contributed by atoms with Crippen molar-refractivity contribution in [2.75, 3.05) is 17.2 Å². The van der Waals surface area contributed by atoms with Gasteiger partial charge in [-0.25, -0.2) is 4.79 Å². The Balaban J connectivity index is 1.95. The monoisotopic (exact) mass is 301 g/mol. The third kappa shape index (κ3) is 4.66. The number of rotatable bonds is 5. The van der Waals surface area contributed by atoms with Gasteiger partial charge in [0.2, 0.25) is 0 Å². The summed E-state index contributed by atoms with van der Waals surface area (Å²) in [5, 5.41) is 8.23. The number of carbonyl (C=O) groups is 2. The number of nitrogens with one attached hydrogen (secondary N) is 3. The highest BCUT2D eigenvalue weighted by Gasteiger charge is 2.08. The van der Waals surface area contributed by atoms with Gasteiger partial charge in [-0.15, -0.1) is 0 Å². The molecule has 116 valence electrons. The molecule has 3 amide bonds. The van der Waals surface area contributed by atoms with Crippen molar-refractivity contribution >= 4 is 23.3 Å². The number of hydrogen-bond donors (Lipinski definition) is 3. The molecule has 0 saturated heterocycles. The van der Waals surface area contributed by atoms with Gasteiger partial charge in [-0.05, 0) is 30.2 Å². The summed E-state index contributed by atoms with van der Waals surface area (Å²) in [6, 6.07) is 8.25. The highest BCUT2D eigenvalue weighted by molar-refractivity contribution is 6.04. The average Bonchev–Trinajstić information content (AvgIpc) is 3.00. The van der Waals surface area contributed by atoms with Crippen LogP contribution in [0.2, 0.25) is 0 Å². The third-order valence-corrected chi connectivity index (χ3v) is 2.83. The maximum absolute atomic E-state index is 11.9. The molecule has 2 rings (SSSR count). The molecular weight excluding hydrogens is 282 g/mol. The fourth-order valence-electron chi connectivity index (χ4n) is 1.74. The minimum atomic E-state index is -0.271. The second-order valence-electron chi connectivity index (χ2n) is 5.28. The van der Waals surface area contributed by atoms with Gasteiger partial charge in [0.1, 0.15) is 6.26 Å². The number of anilines is 2. The predicted octanol–water partition coefficient (Wildman–Crippen LogP) is 3.31. The molecule has 6 nitrogen and oxygen atoms in total. The van der Waals surface area contributed by atoms with E-state index in [0.717, 1.165) is 0 Å². The normalized spacial score (nSPS) is 10.3. The molecule has 0 aliphatic heterocycles. The zero-order valence-electron chi connectivity index (χ0n) is 12.6. The molecule has 1 aromatic heterocycles. The van der Waals surface area contributed by atoms with Crippen LogP contribution in [0.5, 0.6) is 0 Å². The lowest BCUT2D eigenvalue weighted by Crippen LogP contribution is -2.31. The van der Waals surface area contributed by atoms with E-state index in [0.29, 0.717) is 29.4 Å². The summed E-state index contributed by atoms with van der Waals surface area (Å²) in [5.74, 6) is 0.112. The Hall–Kier alpha value is -2.76. The Bertz CT molecular complexity index is 636. The number of furan rings is 1. The maximum atomic E-state index is 11.9. The second-order valence-corrected chi connectivity index (χ2v) is 5.28. The Morgan fingerprint density at radius 2 is 1.86 bits per heavy atom. The lowest BCUT2D eigenvalue weighted by atomic mass is 10.2. The van der Waals surface area contributed by atoms with Crippen LogP contribution >= 0.6 is 0 Å². The van der Waals surface area contributed by atoms with Gasteiger partial charge in [-0.2, -0.15) is 0 Å². The average molecular weight is 301 g/mol. The van der Waals surface area contributed by atoms with E-state index in [1.807, 2.05) is 13.8 Å². The minimum Gasteiger partial charge on any atom is -0.472 e. The quantitative estimate of drug-likeness (QED) is 0.792. The van der Waals surface area contributed by atoms with Gasteiger partial charge in [0, 0.05) is 17.9 Å². The van der Waals surface area contributed by atoms with E-state index in [9.17, 15) is 9.59 Å². The highest BCUT2D eigenvalue weighted by atomic mass is 16.3. The van der Waals surface area contributed by atoms with Crippen LogP contribution in [0, 0.1) is 5.92 Å². The smallest absolute Gasteiger partial charge is 0.319 e. The number of benzene rings is 1. The van der Waals surface area contributed by atoms with E-state index in [2.05, 4.69) is 16.0 Å².